The summed E-state index contributed by atoms with van der Waals surface area (Å²) >= 11 is 0. The first-order chi connectivity index (χ1) is 9.90. The van der Waals surface area contributed by atoms with Gasteiger partial charge in [0, 0.05) is 6.08 Å². The second kappa shape index (κ2) is 8.62. The van der Waals surface area contributed by atoms with E-state index in [0.717, 1.165) is 5.57 Å². The van der Waals surface area contributed by atoms with E-state index in [1.165, 1.54) is 34.0 Å². The van der Waals surface area contributed by atoms with Crippen LogP contribution in [0, 0.1) is 0 Å². The van der Waals surface area contributed by atoms with Crippen LogP contribution in [0.5, 0.6) is 0 Å². The van der Waals surface area contributed by atoms with Gasteiger partial charge in [0.2, 0.25) is 0 Å². The van der Waals surface area contributed by atoms with Crippen molar-refractivity contribution in [2.45, 2.75) is 76.8 Å². The maximum absolute atomic E-state index is 11.1. The largest absolute Gasteiger partial charge is 0.466 e. The highest BCUT2D eigenvalue weighted by Gasteiger charge is 2.33. The topological polar surface area (TPSA) is 107 Å². The average Bonchev–Trinajstić information content (AvgIpc) is 2.40. The van der Waals surface area contributed by atoms with Crippen molar-refractivity contribution >= 4 is 5.97 Å². The third-order valence-electron chi connectivity index (χ3n) is 3.83. The summed E-state index contributed by atoms with van der Waals surface area (Å²) in [6, 6.07) is 0. The van der Waals surface area contributed by atoms with Gasteiger partial charge in [0.15, 0.2) is 0 Å². The zero-order chi connectivity index (χ0) is 17.6. The Bertz CT molecular complexity index is 381. The van der Waals surface area contributed by atoms with Gasteiger partial charge in [-0.15, -0.1) is 0 Å². The molecule has 0 unspecified atom stereocenters. The van der Waals surface area contributed by atoms with E-state index in [4.69, 9.17) is 0 Å². The first-order valence-electron chi connectivity index (χ1n) is 7.46. The second-order valence-corrected chi connectivity index (χ2v) is 6.63. The number of hydrogen-bond acceptors (Lipinski definition) is 6. The first kappa shape index (κ1) is 21.0. The van der Waals surface area contributed by atoms with Crippen molar-refractivity contribution in [2.75, 3.05) is 7.11 Å². The molecule has 0 rings (SSSR count). The minimum Gasteiger partial charge on any atom is -0.466 e. The number of methoxy groups -OCH3 is 1. The molecule has 0 saturated heterocycles. The Kier molecular flexibility index (Phi) is 8.25. The molecule has 0 aliphatic rings. The Morgan fingerprint density at radius 3 is 2.14 bits per heavy atom. The number of ether oxygens (including phenoxy) is 1. The molecule has 0 bridgehead atoms. The maximum Gasteiger partial charge on any atom is 0.330 e. The molecule has 4 N–H and O–H groups in total. The molecule has 0 aromatic heterocycles. The Hall–Kier alpha value is -0.950. The van der Waals surface area contributed by atoms with Crippen LogP contribution in [0.4, 0.5) is 0 Å². The summed E-state index contributed by atoms with van der Waals surface area (Å²) in [4.78, 5) is 11.1. The van der Waals surface area contributed by atoms with Gasteiger partial charge in [-0.1, -0.05) is 5.57 Å². The van der Waals surface area contributed by atoms with E-state index in [1.54, 1.807) is 6.92 Å². The number of aliphatic hydroxyl groups excluding tert-OH is 2. The van der Waals surface area contributed by atoms with Gasteiger partial charge in [-0.25, -0.2) is 4.79 Å². The van der Waals surface area contributed by atoms with Crippen molar-refractivity contribution < 1.29 is 30.0 Å². The minimum absolute atomic E-state index is 0.152. The Labute approximate surface area is 132 Å². The highest BCUT2D eigenvalue weighted by molar-refractivity contribution is 5.82. The van der Waals surface area contributed by atoms with E-state index < -0.39 is 29.4 Å². The van der Waals surface area contributed by atoms with Gasteiger partial charge >= 0.3 is 5.97 Å². The van der Waals surface area contributed by atoms with Crippen LogP contribution in [0.3, 0.4) is 0 Å². The predicted octanol–water partition coefficient (Wildman–Crippen LogP) is 0.910. The molecule has 0 aliphatic carbocycles. The summed E-state index contributed by atoms with van der Waals surface area (Å²) in [6.07, 6.45) is 0.420. The van der Waals surface area contributed by atoms with Gasteiger partial charge in [0.05, 0.1) is 30.5 Å². The fourth-order valence-electron chi connectivity index (χ4n) is 1.96. The van der Waals surface area contributed by atoms with Crippen LogP contribution < -0.4 is 0 Å². The van der Waals surface area contributed by atoms with E-state index in [-0.39, 0.29) is 19.3 Å². The van der Waals surface area contributed by atoms with Crippen LogP contribution in [0.1, 0.15) is 53.4 Å². The molecule has 0 aromatic rings. The highest BCUT2D eigenvalue weighted by atomic mass is 16.5. The normalized spacial score (nSPS) is 18.5. The van der Waals surface area contributed by atoms with Crippen LogP contribution in [0.25, 0.3) is 0 Å². The summed E-state index contributed by atoms with van der Waals surface area (Å²) in [5.74, 6) is -0.452. The number of esters is 1. The van der Waals surface area contributed by atoms with Crippen molar-refractivity contribution in [3.05, 3.63) is 11.6 Å². The molecule has 6 heteroatoms. The smallest absolute Gasteiger partial charge is 0.330 e. The molecule has 22 heavy (non-hydrogen) atoms. The fourth-order valence-corrected chi connectivity index (χ4v) is 1.96. The quantitative estimate of drug-likeness (QED) is 0.372. The summed E-state index contributed by atoms with van der Waals surface area (Å²) in [7, 11) is 1.29. The summed E-state index contributed by atoms with van der Waals surface area (Å²) < 4.78 is 4.51. The lowest BCUT2D eigenvalue weighted by atomic mass is 9.86. The van der Waals surface area contributed by atoms with Crippen LogP contribution >= 0.6 is 0 Å². The number of aliphatic hydroxyl groups is 4. The van der Waals surface area contributed by atoms with Gasteiger partial charge in [-0.3, -0.25) is 0 Å². The van der Waals surface area contributed by atoms with Gasteiger partial charge in [0.1, 0.15) is 0 Å². The summed E-state index contributed by atoms with van der Waals surface area (Å²) in [5.41, 5.74) is -1.88. The van der Waals surface area contributed by atoms with Gasteiger partial charge in [-0.2, -0.15) is 0 Å². The van der Waals surface area contributed by atoms with E-state index in [0.29, 0.717) is 6.42 Å². The van der Waals surface area contributed by atoms with Gasteiger partial charge in [0.25, 0.3) is 0 Å². The molecule has 0 heterocycles. The van der Waals surface area contributed by atoms with E-state index in [9.17, 15) is 25.2 Å². The molecule has 0 amide bonds. The van der Waals surface area contributed by atoms with E-state index >= 15 is 0 Å². The monoisotopic (exact) mass is 318 g/mol. The third-order valence-corrected chi connectivity index (χ3v) is 3.83. The minimum atomic E-state index is -1.38. The van der Waals surface area contributed by atoms with Crippen LogP contribution in [0.2, 0.25) is 0 Å². The molecular formula is C16H30O6. The fraction of sp³-hybridized carbons (Fsp3) is 0.812. The highest BCUT2D eigenvalue weighted by Crippen LogP contribution is 2.25. The lowest BCUT2D eigenvalue weighted by Gasteiger charge is -2.32. The number of allylic oxidation sites excluding steroid dienone is 1. The summed E-state index contributed by atoms with van der Waals surface area (Å²) in [5, 5.41) is 39.8. The van der Waals surface area contributed by atoms with Crippen LogP contribution in [-0.4, -0.2) is 56.9 Å². The molecule has 0 saturated carbocycles. The molecule has 6 nitrogen and oxygen atoms in total. The lowest BCUT2D eigenvalue weighted by Crippen LogP contribution is -2.42. The third kappa shape index (κ3) is 7.89. The van der Waals surface area contributed by atoms with Crippen molar-refractivity contribution in [2.24, 2.45) is 0 Å². The molecule has 0 aromatic carbocycles. The first-order valence-corrected chi connectivity index (χ1v) is 7.46. The molecular weight excluding hydrogens is 288 g/mol. The average molecular weight is 318 g/mol. The number of hydrogen-bond donors (Lipinski definition) is 4. The van der Waals surface area contributed by atoms with Crippen LogP contribution in [-0.2, 0) is 9.53 Å². The molecule has 0 aliphatic heterocycles. The Morgan fingerprint density at radius 2 is 1.68 bits per heavy atom. The van der Waals surface area contributed by atoms with Crippen molar-refractivity contribution in [1.82, 2.24) is 0 Å². The maximum atomic E-state index is 11.1. The Morgan fingerprint density at radius 1 is 1.14 bits per heavy atom. The zero-order valence-electron chi connectivity index (χ0n) is 14.2. The lowest BCUT2D eigenvalue weighted by molar-refractivity contribution is -0.134. The van der Waals surface area contributed by atoms with E-state index in [1.807, 2.05) is 0 Å². The van der Waals surface area contributed by atoms with Crippen LogP contribution in [0.15, 0.2) is 11.6 Å². The molecule has 130 valence electrons. The number of carbonyl (C=O) groups excluding carboxylic acids is 1. The number of rotatable bonds is 9. The van der Waals surface area contributed by atoms with Crippen molar-refractivity contribution in [3.8, 4) is 0 Å². The zero-order valence-corrected chi connectivity index (χ0v) is 14.2. The van der Waals surface area contributed by atoms with Gasteiger partial charge in [-0.05, 0) is 53.4 Å². The van der Waals surface area contributed by atoms with Crippen molar-refractivity contribution in [1.29, 1.82) is 0 Å². The SMILES string of the molecule is COC(=O)/C=C(\C)CC[C@H](O)[C@@](C)(O)CC[C@H](O)C(C)(C)O. The summed E-state index contributed by atoms with van der Waals surface area (Å²) in [6.45, 7) is 6.22. The Balaban J connectivity index is 4.42. The van der Waals surface area contributed by atoms with Gasteiger partial charge < -0.3 is 25.2 Å². The molecule has 0 radical (unpaired) electrons. The van der Waals surface area contributed by atoms with E-state index in [2.05, 4.69) is 4.74 Å². The predicted molar refractivity (Wildman–Crippen MR) is 83.2 cm³/mol. The molecule has 3 atom stereocenters. The second-order valence-electron chi connectivity index (χ2n) is 6.63. The number of carbonyl (C=O) groups is 1. The standard InChI is InChI=1S/C16H30O6/c1-11(10-14(19)22-5)6-7-13(18)16(4,21)9-8-12(17)15(2,3)20/h10,12-13,17-18,20-21H,6-9H2,1-5H3/b11-10+/t12-,13-,16-/m0/s1. The van der Waals surface area contributed by atoms with Crippen molar-refractivity contribution in [3.63, 3.8) is 0 Å². The molecule has 0 fully saturated rings. The molecule has 0 spiro atoms.